The summed E-state index contributed by atoms with van der Waals surface area (Å²) in [5.74, 6) is 1.58. The standard InChI is InChI=1S/C16H19NO3/c1-11-7-12-8-13(9-14(19-2)15(12)20-11)16(17-10-18)5-3-4-6-16/h8-9,11H,3-7H2,1-2H3. The van der Waals surface area contributed by atoms with Crippen LogP contribution in [0.15, 0.2) is 17.1 Å². The van der Waals surface area contributed by atoms with Crippen LogP contribution in [0.2, 0.25) is 0 Å². The first-order valence-electron chi connectivity index (χ1n) is 7.15. The number of aliphatic imine (C=N–C) groups is 1. The van der Waals surface area contributed by atoms with Crippen LogP contribution in [-0.2, 0) is 16.8 Å². The smallest absolute Gasteiger partial charge is 0.235 e. The van der Waals surface area contributed by atoms with Crippen molar-refractivity contribution in [3.05, 3.63) is 23.3 Å². The fourth-order valence-electron chi connectivity index (χ4n) is 3.43. The zero-order valence-corrected chi connectivity index (χ0v) is 11.9. The van der Waals surface area contributed by atoms with Gasteiger partial charge in [-0.15, -0.1) is 0 Å². The van der Waals surface area contributed by atoms with Crippen molar-refractivity contribution in [1.82, 2.24) is 0 Å². The molecule has 0 bridgehead atoms. The van der Waals surface area contributed by atoms with Crippen molar-refractivity contribution in [2.24, 2.45) is 4.99 Å². The monoisotopic (exact) mass is 273 g/mol. The number of isocyanates is 1. The number of carbonyl (C=O) groups excluding carboxylic acids is 1. The van der Waals surface area contributed by atoms with Gasteiger partial charge in [0, 0.05) is 12.0 Å². The maximum atomic E-state index is 10.8. The Morgan fingerprint density at radius 3 is 2.80 bits per heavy atom. The Morgan fingerprint density at radius 2 is 2.15 bits per heavy atom. The summed E-state index contributed by atoms with van der Waals surface area (Å²) in [6.45, 7) is 2.05. The molecule has 4 heteroatoms. The highest BCUT2D eigenvalue weighted by Crippen LogP contribution is 2.47. The number of fused-ring (bicyclic) bond motifs is 1. The largest absolute Gasteiger partial charge is 0.493 e. The Bertz CT molecular complexity index is 569. The molecule has 0 saturated heterocycles. The van der Waals surface area contributed by atoms with Crippen molar-refractivity contribution in [3.63, 3.8) is 0 Å². The minimum Gasteiger partial charge on any atom is -0.493 e. The van der Waals surface area contributed by atoms with E-state index in [9.17, 15) is 4.79 Å². The first-order valence-corrected chi connectivity index (χ1v) is 7.15. The molecule has 2 aliphatic rings. The van der Waals surface area contributed by atoms with Crippen LogP contribution in [0.4, 0.5) is 0 Å². The van der Waals surface area contributed by atoms with Gasteiger partial charge in [0.25, 0.3) is 0 Å². The van der Waals surface area contributed by atoms with E-state index in [1.165, 1.54) is 0 Å². The highest BCUT2D eigenvalue weighted by Gasteiger charge is 2.37. The van der Waals surface area contributed by atoms with Crippen LogP contribution in [-0.4, -0.2) is 19.3 Å². The van der Waals surface area contributed by atoms with E-state index in [0.29, 0.717) is 0 Å². The quantitative estimate of drug-likeness (QED) is 0.628. The maximum Gasteiger partial charge on any atom is 0.235 e. The second-order valence-electron chi connectivity index (χ2n) is 5.74. The number of nitrogens with zero attached hydrogens (tertiary/aromatic N) is 1. The van der Waals surface area contributed by atoms with Gasteiger partial charge in [-0.1, -0.05) is 12.8 Å². The van der Waals surface area contributed by atoms with Crippen molar-refractivity contribution >= 4 is 6.08 Å². The number of methoxy groups -OCH3 is 1. The summed E-state index contributed by atoms with van der Waals surface area (Å²) in [6.07, 6.45) is 6.81. The Labute approximate surface area is 118 Å². The van der Waals surface area contributed by atoms with E-state index in [1.807, 2.05) is 13.0 Å². The van der Waals surface area contributed by atoms with Gasteiger partial charge in [0.2, 0.25) is 6.08 Å². The molecule has 1 aliphatic carbocycles. The summed E-state index contributed by atoms with van der Waals surface area (Å²) in [4.78, 5) is 15.0. The number of rotatable bonds is 3. The molecular formula is C16H19NO3. The molecule has 1 aliphatic heterocycles. The minimum absolute atomic E-state index is 0.170. The molecule has 3 rings (SSSR count). The predicted molar refractivity (Wildman–Crippen MR) is 75.1 cm³/mol. The Balaban J connectivity index is 2.11. The van der Waals surface area contributed by atoms with Gasteiger partial charge in [-0.05, 0) is 37.5 Å². The van der Waals surface area contributed by atoms with E-state index in [-0.39, 0.29) is 6.10 Å². The summed E-state index contributed by atoms with van der Waals surface area (Å²) >= 11 is 0. The highest BCUT2D eigenvalue weighted by atomic mass is 16.5. The topological polar surface area (TPSA) is 47.9 Å². The van der Waals surface area contributed by atoms with Crippen molar-refractivity contribution < 1.29 is 14.3 Å². The van der Waals surface area contributed by atoms with Crippen LogP contribution < -0.4 is 9.47 Å². The lowest BCUT2D eigenvalue weighted by atomic mass is 9.87. The van der Waals surface area contributed by atoms with Gasteiger partial charge in [-0.3, -0.25) is 0 Å². The lowest BCUT2D eigenvalue weighted by Crippen LogP contribution is -2.19. The summed E-state index contributed by atoms with van der Waals surface area (Å²) < 4.78 is 11.3. The van der Waals surface area contributed by atoms with E-state index in [1.54, 1.807) is 13.2 Å². The maximum absolute atomic E-state index is 10.8. The molecule has 0 spiro atoms. The average Bonchev–Trinajstić information content (AvgIpc) is 3.04. The van der Waals surface area contributed by atoms with E-state index in [4.69, 9.17) is 9.47 Å². The first-order chi connectivity index (χ1) is 9.68. The van der Waals surface area contributed by atoms with Gasteiger partial charge in [0.1, 0.15) is 6.10 Å². The van der Waals surface area contributed by atoms with Gasteiger partial charge < -0.3 is 9.47 Å². The van der Waals surface area contributed by atoms with Crippen molar-refractivity contribution in [2.45, 2.75) is 50.7 Å². The average molecular weight is 273 g/mol. The molecule has 0 radical (unpaired) electrons. The molecule has 1 aromatic carbocycles. The summed E-state index contributed by atoms with van der Waals surface area (Å²) in [6, 6.07) is 4.11. The molecule has 106 valence electrons. The van der Waals surface area contributed by atoms with Crippen LogP contribution >= 0.6 is 0 Å². The van der Waals surface area contributed by atoms with Gasteiger partial charge in [0.05, 0.1) is 12.6 Å². The molecule has 4 nitrogen and oxygen atoms in total. The third-order valence-corrected chi connectivity index (χ3v) is 4.41. The summed E-state index contributed by atoms with van der Waals surface area (Å²) in [5.41, 5.74) is 1.81. The predicted octanol–water partition coefficient (Wildman–Crippen LogP) is 3.12. The fourth-order valence-corrected chi connectivity index (χ4v) is 3.43. The fraction of sp³-hybridized carbons (Fsp3) is 0.562. The molecule has 1 atom stereocenters. The van der Waals surface area contributed by atoms with E-state index < -0.39 is 5.54 Å². The number of hydrogen-bond donors (Lipinski definition) is 0. The highest BCUT2D eigenvalue weighted by molar-refractivity contribution is 5.54. The van der Waals surface area contributed by atoms with E-state index >= 15 is 0 Å². The summed E-state index contributed by atoms with van der Waals surface area (Å²) in [7, 11) is 1.65. The Hall–Kier alpha value is -1.80. The van der Waals surface area contributed by atoms with Crippen LogP contribution in [0.1, 0.15) is 43.7 Å². The lowest BCUT2D eigenvalue weighted by molar-refractivity contribution is 0.243. The molecular weight excluding hydrogens is 254 g/mol. The summed E-state index contributed by atoms with van der Waals surface area (Å²) in [5, 5.41) is 0. The second-order valence-corrected chi connectivity index (χ2v) is 5.74. The third kappa shape index (κ3) is 2.01. The normalized spacial score (nSPS) is 22.8. The second kappa shape index (κ2) is 4.95. The van der Waals surface area contributed by atoms with Gasteiger partial charge in [0.15, 0.2) is 11.5 Å². The Morgan fingerprint density at radius 1 is 1.40 bits per heavy atom. The molecule has 1 unspecified atom stereocenters. The van der Waals surface area contributed by atoms with Crippen molar-refractivity contribution in [1.29, 1.82) is 0 Å². The molecule has 1 fully saturated rings. The van der Waals surface area contributed by atoms with Crippen LogP contribution in [0, 0.1) is 0 Å². The Kier molecular flexibility index (Phi) is 3.27. The molecule has 1 heterocycles. The van der Waals surface area contributed by atoms with E-state index in [0.717, 1.165) is 54.7 Å². The first kappa shape index (κ1) is 13.2. The van der Waals surface area contributed by atoms with E-state index in [2.05, 4.69) is 11.1 Å². The van der Waals surface area contributed by atoms with Gasteiger partial charge >= 0.3 is 0 Å². The van der Waals surface area contributed by atoms with Gasteiger partial charge in [-0.25, -0.2) is 4.79 Å². The zero-order valence-electron chi connectivity index (χ0n) is 11.9. The van der Waals surface area contributed by atoms with Gasteiger partial charge in [-0.2, -0.15) is 4.99 Å². The number of hydrogen-bond acceptors (Lipinski definition) is 4. The molecule has 1 aromatic rings. The van der Waals surface area contributed by atoms with Crippen LogP contribution in [0.25, 0.3) is 0 Å². The molecule has 0 N–H and O–H groups in total. The molecule has 20 heavy (non-hydrogen) atoms. The van der Waals surface area contributed by atoms with Crippen LogP contribution in [0.5, 0.6) is 11.5 Å². The molecule has 0 aromatic heterocycles. The van der Waals surface area contributed by atoms with Crippen molar-refractivity contribution in [2.75, 3.05) is 7.11 Å². The molecule has 1 saturated carbocycles. The van der Waals surface area contributed by atoms with Crippen molar-refractivity contribution in [3.8, 4) is 11.5 Å². The van der Waals surface area contributed by atoms with Crippen LogP contribution in [0.3, 0.4) is 0 Å². The minimum atomic E-state index is -0.407. The number of ether oxygens (including phenoxy) is 2. The lowest BCUT2D eigenvalue weighted by Gasteiger charge is -2.24. The zero-order chi connectivity index (χ0) is 14.2. The SMILES string of the molecule is COc1cc(C2(N=C=O)CCCC2)cc2c1OC(C)C2. The molecule has 0 amide bonds. The number of benzene rings is 1. The third-order valence-electron chi connectivity index (χ3n) is 4.41.